The van der Waals surface area contributed by atoms with E-state index in [-0.39, 0.29) is 0 Å². The summed E-state index contributed by atoms with van der Waals surface area (Å²) in [7, 11) is 4.14. The van der Waals surface area contributed by atoms with Gasteiger partial charge in [0.15, 0.2) is 0 Å². The van der Waals surface area contributed by atoms with E-state index in [0.717, 1.165) is 13.0 Å². The van der Waals surface area contributed by atoms with E-state index in [1.807, 2.05) is 28.2 Å². The number of halogens is 2. The molecule has 0 N–H and O–H groups in total. The molecule has 1 aromatic rings. The number of hydrogen-bond donors (Lipinski definition) is 0. The monoisotopic (exact) mass is 434 g/mol. The predicted octanol–water partition coefficient (Wildman–Crippen LogP) is 3.29. The minimum Gasteiger partial charge on any atom is -0.309 e. The largest absolute Gasteiger partial charge is 0.309 e. The smallest absolute Gasteiger partial charge is 0.0416 e. The fourth-order valence-corrected chi connectivity index (χ4v) is 0.884. The van der Waals surface area contributed by atoms with Crippen molar-refractivity contribution in [2.45, 2.75) is 6.42 Å². The van der Waals surface area contributed by atoms with Gasteiger partial charge in [-0.2, -0.15) is 0 Å². The maximum absolute atomic E-state index is 4.22. The van der Waals surface area contributed by atoms with Crippen molar-refractivity contribution in [1.82, 2.24) is 9.88 Å². The zero-order valence-corrected chi connectivity index (χ0v) is 14.2. The molecule has 88 valence electrons. The first-order chi connectivity index (χ1) is 7.29. The number of nitrogens with zero attached hydrogens (tertiary/aromatic N) is 2. The molecule has 4 heteroatoms. The van der Waals surface area contributed by atoms with Crippen LogP contribution in [0.4, 0.5) is 0 Å². The van der Waals surface area contributed by atoms with Crippen molar-refractivity contribution in [1.29, 1.82) is 0 Å². The molecule has 0 unspecified atom stereocenters. The second kappa shape index (κ2) is 14.6. The van der Waals surface area contributed by atoms with Crippen molar-refractivity contribution < 1.29 is 0 Å². The summed E-state index contributed by atoms with van der Waals surface area (Å²) in [5.74, 6) is 0. The third kappa shape index (κ3) is 12.5. The van der Waals surface area contributed by atoms with E-state index >= 15 is 0 Å². The Labute approximate surface area is 121 Å². The average Bonchev–Trinajstić information content (AvgIpc) is 2.33. The first-order valence-electron chi connectivity index (χ1n) is 4.59. The molecule has 0 radical (unpaired) electrons. The van der Waals surface area contributed by atoms with Crippen LogP contribution in [-0.4, -0.2) is 40.4 Å². The highest BCUT2D eigenvalue weighted by Gasteiger charge is 1.93. The fraction of sp³-hybridized carbons (Fsp3) is 0.545. The zero-order valence-electron chi connectivity index (χ0n) is 9.87. The normalized spacial score (nSPS) is 8.47. The molecule has 1 aromatic heterocycles. The third-order valence-corrected chi connectivity index (χ3v) is 1.54. The Hall–Kier alpha value is 0.570. The highest BCUT2D eigenvalue weighted by atomic mass is 127. The summed E-state index contributed by atoms with van der Waals surface area (Å²) < 4.78 is 0. The van der Waals surface area contributed by atoms with E-state index in [9.17, 15) is 0 Å². The molecule has 0 amide bonds. The SMILES string of the molecule is CI.CI.CN(C)CCc1ccccn1. The quantitative estimate of drug-likeness (QED) is 0.537. The lowest BCUT2D eigenvalue weighted by atomic mass is 10.3. The number of aromatic nitrogens is 1. The average molecular weight is 434 g/mol. The number of alkyl halides is 2. The van der Waals surface area contributed by atoms with Crippen molar-refractivity contribution in [3.8, 4) is 0 Å². The van der Waals surface area contributed by atoms with Gasteiger partial charge in [0.1, 0.15) is 0 Å². The highest BCUT2D eigenvalue weighted by Crippen LogP contribution is 1.94. The van der Waals surface area contributed by atoms with Crippen LogP contribution >= 0.6 is 45.2 Å². The fourth-order valence-electron chi connectivity index (χ4n) is 0.884. The summed E-state index contributed by atoms with van der Waals surface area (Å²) >= 11 is 4.30. The molecular weight excluding hydrogens is 414 g/mol. The topological polar surface area (TPSA) is 16.1 Å². The molecule has 0 atom stereocenters. The molecule has 0 aliphatic carbocycles. The van der Waals surface area contributed by atoms with Crippen LogP contribution in [0.1, 0.15) is 5.69 Å². The van der Waals surface area contributed by atoms with E-state index in [1.54, 1.807) is 0 Å². The van der Waals surface area contributed by atoms with Gasteiger partial charge in [-0.1, -0.05) is 51.2 Å². The van der Waals surface area contributed by atoms with Gasteiger partial charge in [-0.15, -0.1) is 0 Å². The van der Waals surface area contributed by atoms with Crippen molar-refractivity contribution in [2.75, 3.05) is 30.5 Å². The molecule has 1 rings (SSSR count). The Morgan fingerprint density at radius 3 is 2.13 bits per heavy atom. The molecule has 0 aliphatic rings. The molecule has 1 heterocycles. The van der Waals surface area contributed by atoms with E-state index in [4.69, 9.17) is 0 Å². The van der Waals surface area contributed by atoms with E-state index in [2.05, 4.69) is 75.2 Å². The van der Waals surface area contributed by atoms with E-state index < -0.39 is 0 Å². The van der Waals surface area contributed by atoms with Crippen LogP contribution in [0.25, 0.3) is 0 Å². The van der Waals surface area contributed by atoms with Crippen LogP contribution in [0.2, 0.25) is 0 Å². The number of rotatable bonds is 3. The summed E-state index contributed by atoms with van der Waals surface area (Å²) in [6.45, 7) is 1.07. The van der Waals surface area contributed by atoms with Gasteiger partial charge in [-0.25, -0.2) is 0 Å². The number of hydrogen-bond acceptors (Lipinski definition) is 2. The van der Waals surface area contributed by atoms with Gasteiger partial charge in [0.2, 0.25) is 0 Å². The van der Waals surface area contributed by atoms with Crippen LogP contribution in [0.3, 0.4) is 0 Å². The van der Waals surface area contributed by atoms with Crippen LogP contribution < -0.4 is 0 Å². The number of pyridine rings is 1. The van der Waals surface area contributed by atoms with Crippen LogP contribution in [0.5, 0.6) is 0 Å². The van der Waals surface area contributed by atoms with Gasteiger partial charge < -0.3 is 4.90 Å². The molecule has 0 spiro atoms. The Morgan fingerprint density at radius 1 is 1.13 bits per heavy atom. The second-order valence-corrected chi connectivity index (χ2v) is 2.87. The first-order valence-corrected chi connectivity index (χ1v) is 8.91. The van der Waals surface area contributed by atoms with E-state index in [0.29, 0.717) is 0 Å². The summed E-state index contributed by atoms with van der Waals surface area (Å²) in [4.78, 5) is 10.3. The summed E-state index contributed by atoms with van der Waals surface area (Å²) in [6.07, 6.45) is 2.87. The summed E-state index contributed by atoms with van der Waals surface area (Å²) in [5.41, 5.74) is 1.17. The molecule has 0 bridgehead atoms. The minimum absolute atomic E-state index is 1.04. The maximum Gasteiger partial charge on any atom is 0.0416 e. The molecule has 0 fully saturated rings. The lowest BCUT2D eigenvalue weighted by Gasteiger charge is -2.07. The lowest BCUT2D eigenvalue weighted by molar-refractivity contribution is 0.412. The van der Waals surface area contributed by atoms with Gasteiger partial charge in [0, 0.05) is 24.9 Å². The molecular formula is C11H20I2N2. The van der Waals surface area contributed by atoms with Crippen molar-refractivity contribution >= 4 is 45.2 Å². The molecule has 0 saturated heterocycles. The summed E-state index contributed by atoms with van der Waals surface area (Å²) in [5, 5.41) is 0. The molecule has 2 nitrogen and oxygen atoms in total. The first kappa shape index (κ1) is 17.9. The van der Waals surface area contributed by atoms with Crippen LogP contribution in [-0.2, 0) is 6.42 Å². The Morgan fingerprint density at radius 2 is 1.73 bits per heavy atom. The predicted molar refractivity (Wildman–Crippen MR) is 86.4 cm³/mol. The lowest BCUT2D eigenvalue weighted by Crippen LogP contribution is -2.15. The number of likely N-dealkylation sites (N-methyl/N-ethyl adjacent to an activating group) is 1. The van der Waals surface area contributed by atoms with Gasteiger partial charge in [0.25, 0.3) is 0 Å². The Kier molecular flexibility index (Phi) is 17.4. The van der Waals surface area contributed by atoms with Crippen molar-refractivity contribution in [3.05, 3.63) is 30.1 Å². The highest BCUT2D eigenvalue weighted by molar-refractivity contribution is 14.1. The molecule has 0 saturated carbocycles. The van der Waals surface area contributed by atoms with E-state index in [1.165, 1.54) is 5.69 Å². The van der Waals surface area contributed by atoms with Crippen LogP contribution in [0.15, 0.2) is 24.4 Å². The van der Waals surface area contributed by atoms with Gasteiger partial charge in [-0.3, -0.25) is 4.98 Å². The van der Waals surface area contributed by atoms with Crippen molar-refractivity contribution in [3.63, 3.8) is 0 Å². The minimum atomic E-state index is 1.04. The summed E-state index contributed by atoms with van der Waals surface area (Å²) in [6, 6.07) is 6.03. The maximum atomic E-state index is 4.22. The third-order valence-electron chi connectivity index (χ3n) is 1.54. The second-order valence-electron chi connectivity index (χ2n) is 2.87. The molecule has 15 heavy (non-hydrogen) atoms. The zero-order chi connectivity index (χ0) is 12.1. The molecule has 0 aliphatic heterocycles. The van der Waals surface area contributed by atoms with Crippen LogP contribution in [0, 0.1) is 0 Å². The van der Waals surface area contributed by atoms with Crippen molar-refractivity contribution in [2.24, 2.45) is 0 Å². The standard InChI is InChI=1S/C9H14N2.2CH3I/c1-11(2)8-6-9-5-3-4-7-10-9;2*1-2/h3-5,7H,6,8H2,1-2H3;2*1H3. The van der Waals surface area contributed by atoms with Gasteiger partial charge in [-0.05, 0) is 36.1 Å². The molecule has 0 aromatic carbocycles. The van der Waals surface area contributed by atoms with Gasteiger partial charge in [0.05, 0.1) is 0 Å². The Bertz CT molecular complexity index is 203. The van der Waals surface area contributed by atoms with Gasteiger partial charge >= 0.3 is 0 Å². The Balaban J connectivity index is 0.